The Bertz CT molecular complexity index is 533. The fraction of sp³-hybridized carbons (Fsp3) is 0.333. The van der Waals surface area contributed by atoms with Crippen LogP contribution in [0, 0.1) is 6.92 Å². The second-order valence-electron chi connectivity index (χ2n) is 5.30. The van der Waals surface area contributed by atoms with Crippen LogP contribution >= 0.6 is 11.8 Å². The van der Waals surface area contributed by atoms with Crippen LogP contribution in [0.3, 0.4) is 0 Å². The number of rotatable bonds is 6. The van der Waals surface area contributed by atoms with Crippen molar-refractivity contribution in [1.82, 2.24) is 0 Å². The molecule has 0 aliphatic rings. The highest BCUT2D eigenvalue weighted by atomic mass is 32.2. The van der Waals surface area contributed by atoms with Crippen LogP contribution in [-0.4, -0.2) is 12.3 Å². The molecule has 1 N–H and O–H groups in total. The Morgan fingerprint density at radius 2 is 1.85 bits per heavy atom. The van der Waals surface area contributed by atoms with Crippen LogP contribution in [0.2, 0.25) is 0 Å². The number of hydrogen-bond acceptors (Lipinski definition) is 2. The zero-order valence-corrected chi connectivity index (χ0v) is 13.3. The number of thioether (sulfide) groups is 1. The van der Waals surface area contributed by atoms with Gasteiger partial charge in [-0.05, 0) is 62.8 Å². The molecule has 0 aliphatic carbocycles. The van der Waals surface area contributed by atoms with Crippen molar-refractivity contribution in [2.24, 2.45) is 0 Å². The highest BCUT2D eigenvalue weighted by molar-refractivity contribution is 7.98. The van der Waals surface area contributed by atoms with Gasteiger partial charge in [0.2, 0.25) is 0 Å². The lowest BCUT2D eigenvalue weighted by Crippen LogP contribution is -2.15. The Morgan fingerprint density at radius 3 is 2.50 bits per heavy atom. The van der Waals surface area contributed by atoms with E-state index in [-0.39, 0.29) is 0 Å². The van der Waals surface area contributed by atoms with E-state index in [9.17, 15) is 0 Å². The van der Waals surface area contributed by atoms with Gasteiger partial charge in [0, 0.05) is 16.6 Å². The van der Waals surface area contributed by atoms with E-state index < -0.39 is 0 Å². The molecule has 0 saturated heterocycles. The highest BCUT2D eigenvalue weighted by Crippen LogP contribution is 2.18. The zero-order chi connectivity index (χ0) is 14.4. The summed E-state index contributed by atoms with van der Waals surface area (Å²) in [7, 11) is 0. The summed E-state index contributed by atoms with van der Waals surface area (Å²) in [6, 6.07) is 17.9. The summed E-state index contributed by atoms with van der Waals surface area (Å²) < 4.78 is 0. The van der Waals surface area contributed by atoms with Crippen molar-refractivity contribution < 1.29 is 0 Å². The Balaban J connectivity index is 1.84. The maximum atomic E-state index is 3.57. The van der Waals surface area contributed by atoms with E-state index in [1.807, 2.05) is 0 Å². The van der Waals surface area contributed by atoms with Crippen molar-refractivity contribution in [1.29, 1.82) is 0 Å². The molecule has 0 radical (unpaired) electrons. The third-order valence-corrected chi connectivity index (χ3v) is 4.20. The Hall–Kier alpha value is -1.41. The number of hydrogen-bond donors (Lipinski definition) is 1. The first kappa shape index (κ1) is 15.0. The molecule has 2 aromatic rings. The molecule has 0 aromatic heterocycles. The maximum Gasteiger partial charge on any atom is 0.0342 e. The van der Waals surface area contributed by atoms with Gasteiger partial charge in [-0.1, -0.05) is 29.8 Å². The standard InChI is InChI=1S/C18H23NS/c1-14-5-4-6-16(13-14)8-7-15(2)19-17-9-11-18(20-3)12-10-17/h4-6,9-13,15,19H,7-8H2,1-3H3. The van der Waals surface area contributed by atoms with Crippen LogP contribution in [0.15, 0.2) is 53.4 Å². The molecular formula is C18H23NS. The molecule has 2 aromatic carbocycles. The van der Waals surface area contributed by atoms with E-state index in [2.05, 4.69) is 74.0 Å². The van der Waals surface area contributed by atoms with E-state index in [0.717, 1.165) is 12.8 Å². The molecule has 1 atom stereocenters. The van der Waals surface area contributed by atoms with E-state index in [1.54, 1.807) is 11.8 Å². The quantitative estimate of drug-likeness (QED) is 0.737. The van der Waals surface area contributed by atoms with Gasteiger partial charge in [-0.2, -0.15) is 0 Å². The van der Waals surface area contributed by atoms with E-state index in [4.69, 9.17) is 0 Å². The molecular weight excluding hydrogens is 262 g/mol. The van der Waals surface area contributed by atoms with Crippen molar-refractivity contribution >= 4 is 17.4 Å². The molecule has 0 fully saturated rings. The van der Waals surface area contributed by atoms with Crippen LogP contribution in [0.4, 0.5) is 5.69 Å². The van der Waals surface area contributed by atoms with Gasteiger partial charge in [-0.15, -0.1) is 11.8 Å². The maximum absolute atomic E-state index is 3.57. The smallest absolute Gasteiger partial charge is 0.0342 e. The van der Waals surface area contributed by atoms with Gasteiger partial charge in [-0.25, -0.2) is 0 Å². The number of nitrogens with one attached hydrogen (secondary N) is 1. The lowest BCUT2D eigenvalue weighted by molar-refractivity contribution is 0.706. The van der Waals surface area contributed by atoms with Gasteiger partial charge >= 0.3 is 0 Å². The molecule has 20 heavy (non-hydrogen) atoms. The molecule has 2 heteroatoms. The number of aryl methyl sites for hydroxylation is 2. The average Bonchev–Trinajstić information content (AvgIpc) is 2.46. The molecule has 0 spiro atoms. The third kappa shape index (κ3) is 4.61. The fourth-order valence-corrected chi connectivity index (χ4v) is 2.70. The van der Waals surface area contributed by atoms with Crippen LogP contribution in [0.1, 0.15) is 24.5 Å². The summed E-state index contributed by atoms with van der Waals surface area (Å²) in [6.07, 6.45) is 4.37. The first-order valence-electron chi connectivity index (χ1n) is 7.13. The summed E-state index contributed by atoms with van der Waals surface area (Å²) in [5.74, 6) is 0. The molecule has 0 bridgehead atoms. The number of benzene rings is 2. The monoisotopic (exact) mass is 285 g/mol. The largest absolute Gasteiger partial charge is 0.383 e. The van der Waals surface area contributed by atoms with Crippen molar-refractivity contribution in [3.63, 3.8) is 0 Å². The number of anilines is 1. The summed E-state index contributed by atoms with van der Waals surface area (Å²) in [4.78, 5) is 1.31. The first-order chi connectivity index (χ1) is 9.67. The van der Waals surface area contributed by atoms with Gasteiger partial charge in [0.05, 0.1) is 0 Å². The van der Waals surface area contributed by atoms with E-state index in [1.165, 1.54) is 21.7 Å². The lowest BCUT2D eigenvalue weighted by Gasteiger charge is -2.15. The predicted octanol–water partition coefficient (Wildman–Crippen LogP) is 5.15. The fourth-order valence-electron chi connectivity index (χ4n) is 2.29. The minimum atomic E-state index is 0.482. The Labute approximate surface area is 126 Å². The summed E-state index contributed by atoms with van der Waals surface area (Å²) >= 11 is 1.78. The average molecular weight is 285 g/mol. The topological polar surface area (TPSA) is 12.0 Å². The van der Waals surface area contributed by atoms with Crippen molar-refractivity contribution in [2.45, 2.75) is 37.6 Å². The molecule has 0 heterocycles. The summed E-state index contributed by atoms with van der Waals surface area (Å²) in [6.45, 7) is 4.40. The molecule has 0 saturated carbocycles. The molecule has 0 amide bonds. The van der Waals surface area contributed by atoms with Crippen molar-refractivity contribution in [2.75, 3.05) is 11.6 Å². The van der Waals surface area contributed by atoms with Crippen LogP contribution in [0.25, 0.3) is 0 Å². The van der Waals surface area contributed by atoms with E-state index in [0.29, 0.717) is 6.04 Å². The summed E-state index contributed by atoms with van der Waals surface area (Å²) in [5.41, 5.74) is 3.98. The molecule has 1 nitrogen and oxygen atoms in total. The summed E-state index contributed by atoms with van der Waals surface area (Å²) in [5, 5.41) is 3.57. The molecule has 106 valence electrons. The van der Waals surface area contributed by atoms with Gasteiger partial charge in [0.25, 0.3) is 0 Å². The van der Waals surface area contributed by atoms with Gasteiger partial charge in [0.1, 0.15) is 0 Å². The third-order valence-electron chi connectivity index (χ3n) is 3.45. The minimum Gasteiger partial charge on any atom is -0.383 e. The molecule has 2 rings (SSSR count). The Morgan fingerprint density at radius 1 is 1.10 bits per heavy atom. The van der Waals surface area contributed by atoms with Gasteiger partial charge in [-0.3, -0.25) is 0 Å². The second-order valence-corrected chi connectivity index (χ2v) is 6.18. The first-order valence-corrected chi connectivity index (χ1v) is 8.36. The SMILES string of the molecule is CSc1ccc(NC(C)CCc2cccc(C)c2)cc1. The molecule has 1 unspecified atom stereocenters. The van der Waals surface area contributed by atoms with Crippen molar-refractivity contribution in [3.05, 3.63) is 59.7 Å². The molecule has 0 aliphatic heterocycles. The van der Waals surface area contributed by atoms with Crippen LogP contribution in [0.5, 0.6) is 0 Å². The van der Waals surface area contributed by atoms with Gasteiger partial charge < -0.3 is 5.32 Å². The normalized spacial score (nSPS) is 12.2. The van der Waals surface area contributed by atoms with Crippen molar-refractivity contribution in [3.8, 4) is 0 Å². The highest BCUT2D eigenvalue weighted by Gasteiger charge is 2.03. The van der Waals surface area contributed by atoms with Gasteiger partial charge in [0.15, 0.2) is 0 Å². The van der Waals surface area contributed by atoms with Crippen LogP contribution in [-0.2, 0) is 6.42 Å². The van der Waals surface area contributed by atoms with Crippen LogP contribution < -0.4 is 5.32 Å². The zero-order valence-electron chi connectivity index (χ0n) is 12.5. The van der Waals surface area contributed by atoms with E-state index >= 15 is 0 Å². The lowest BCUT2D eigenvalue weighted by atomic mass is 10.0. The Kier molecular flexibility index (Phi) is 5.54. The second kappa shape index (κ2) is 7.39. The minimum absolute atomic E-state index is 0.482. The predicted molar refractivity (Wildman–Crippen MR) is 90.8 cm³/mol.